The van der Waals surface area contributed by atoms with Gasteiger partial charge in [0.05, 0.1) is 10.6 Å². The third-order valence-electron chi connectivity index (χ3n) is 5.29. The number of azo groups is 1. The molecule has 0 amide bonds. The van der Waals surface area contributed by atoms with Crippen molar-refractivity contribution in [2.45, 2.75) is 52.9 Å². The molecule has 0 radical (unpaired) electrons. The van der Waals surface area contributed by atoms with E-state index in [1.165, 1.54) is 31.2 Å². The number of pyridine rings is 1. The summed E-state index contributed by atoms with van der Waals surface area (Å²) in [5, 5.41) is 26.6. The van der Waals surface area contributed by atoms with Gasteiger partial charge in [0.25, 0.3) is 5.56 Å². The van der Waals surface area contributed by atoms with E-state index in [1.807, 2.05) is 0 Å². The Morgan fingerprint density at radius 3 is 2.30 bits per heavy atom. The number of nitrogens with one attached hydrogen (secondary N) is 2. The fourth-order valence-electron chi connectivity index (χ4n) is 3.38. The number of hydrogen-bond donors (Lipinski definition) is 3. The summed E-state index contributed by atoms with van der Waals surface area (Å²) < 4.78 is 28.2. The van der Waals surface area contributed by atoms with Crippen LogP contribution in [0.3, 0.4) is 0 Å². The van der Waals surface area contributed by atoms with E-state index < -0.39 is 21.5 Å². The van der Waals surface area contributed by atoms with Crippen LogP contribution in [0.1, 0.15) is 52.2 Å². The molecule has 0 saturated carbocycles. The maximum Gasteiger partial charge on any atom is 0.278 e. The smallest absolute Gasteiger partial charge is 0.278 e. The average Bonchev–Trinajstić information content (AvgIpc) is 2.70. The molecule has 2 rings (SSSR count). The summed E-state index contributed by atoms with van der Waals surface area (Å²) in [4.78, 5) is 14.3. The van der Waals surface area contributed by atoms with Crippen molar-refractivity contribution in [1.82, 2.24) is 9.71 Å². The maximum absolute atomic E-state index is 12.7. The molecule has 0 fully saturated rings. The predicted octanol–water partition coefficient (Wildman–Crippen LogP) is 4.66. The van der Waals surface area contributed by atoms with Crippen LogP contribution >= 0.6 is 0 Å². The number of benzene rings is 1. The van der Waals surface area contributed by atoms with Crippen molar-refractivity contribution in [3.05, 3.63) is 45.7 Å². The first kappa shape index (κ1) is 26.2. The number of H-pyrrole nitrogens is 1. The molecule has 0 spiro atoms. The molecule has 0 saturated heterocycles. The molecule has 1 atom stereocenters. The van der Waals surface area contributed by atoms with Crippen molar-refractivity contribution in [3.8, 4) is 11.9 Å². The lowest BCUT2D eigenvalue weighted by molar-refractivity contribution is 0.244. The highest BCUT2D eigenvalue weighted by Crippen LogP contribution is 2.29. The van der Waals surface area contributed by atoms with Gasteiger partial charge in [0, 0.05) is 12.1 Å². The zero-order valence-corrected chi connectivity index (χ0v) is 20.6. The molecule has 9 nitrogen and oxygen atoms in total. The first-order chi connectivity index (χ1) is 15.2. The van der Waals surface area contributed by atoms with Crippen molar-refractivity contribution in [1.29, 1.82) is 5.26 Å². The van der Waals surface area contributed by atoms with Gasteiger partial charge in [0.1, 0.15) is 11.6 Å². The van der Waals surface area contributed by atoms with Gasteiger partial charge in [0.2, 0.25) is 15.9 Å². The quantitative estimate of drug-likeness (QED) is 0.477. The van der Waals surface area contributed by atoms with Crippen molar-refractivity contribution in [3.63, 3.8) is 0 Å². The van der Waals surface area contributed by atoms with Crippen molar-refractivity contribution in [2.75, 3.05) is 6.54 Å². The van der Waals surface area contributed by atoms with Crippen LogP contribution in [0, 0.1) is 35.5 Å². The highest BCUT2D eigenvalue weighted by atomic mass is 32.2. The van der Waals surface area contributed by atoms with Gasteiger partial charge in [0.15, 0.2) is 5.69 Å². The highest BCUT2D eigenvalue weighted by molar-refractivity contribution is 7.89. The summed E-state index contributed by atoms with van der Waals surface area (Å²) in [7, 11) is -3.70. The molecular weight excluding hydrogens is 442 g/mol. The van der Waals surface area contributed by atoms with Crippen LogP contribution in [0.15, 0.2) is 44.2 Å². The zero-order valence-electron chi connectivity index (χ0n) is 19.8. The van der Waals surface area contributed by atoms with E-state index in [2.05, 4.69) is 54.6 Å². The lowest BCUT2D eigenvalue weighted by Gasteiger charge is -2.29. The Morgan fingerprint density at radius 1 is 1.18 bits per heavy atom. The standard InChI is InChI=1S/C23H31N5O4S/c1-14(2)16(11-23(4,5)6)13-25-33(31,32)18-9-7-17(8-10-18)27-28-20-15(3)19(12-24)21(29)26-22(20)30/h7-10,14,16,25H,11,13H2,1-6H3,(H2,26,29,30). The molecule has 0 bridgehead atoms. The van der Waals surface area contributed by atoms with Gasteiger partial charge < -0.3 is 5.11 Å². The molecule has 1 aromatic heterocycles. The van der Waals surface area contributed by atoms with Crippen LogP contribution in [0.5, 0.6) is 5.88 Å². The lowest BCUT2D eigenvalue weighted by Crippen LogP contribution is -2.33. The van der Waals surface area contributed by atoms with E-state index in [9.17, 15) is 18.3 Å². The second-order valence-electron chi connectivity index (χ2n) is 9.58. The average molecular weight is 474 g/mol. The van der Waals surface area contributed by atoms with Gasteiger partial charge >= 0.3 is 0 Å². The first-order valence-corrected chi connectivity index (χ1v) is 12.1. The molecule has 0 aliphatic carbocycles. The normalized spacial score (nSPS) is 13.4. The molecule has 1 aromatic carbocycles. The van der Waals surface area contributed by atoms with E-state index in [0.29, 0.717) is 18.2 Å². The number of hydrogen-bond acceptors (Lipinski definition) is 7. The number of aromatic hydroxyl groups is 1. The van der Waals surface area contributed by atoms with Gasteiger partial charge in [-0.3, -0.25) is 9.78 Å². The van der Waals surface area contributed by atoms with Gasteiger partial charge in [-0.1, -0.05) is 34.6 Å². The monoisotopic (exact) mass is 473 g/mol. The molecule has 2 aromatic rings. The zero-order chi connectivity index (χ0) is 25.0. The van der Waals surface area contributed by atoms with Gasteiger partial charge in [-0.15, -0.1) is 5.11 Å². The SMILES string of the molecule is Cc1c(C#N)c(O)[nH]c(=O)c1N=Nc1ccc(S(=O)(=O)NCC(CC(C)(C)C)C(C)C)cc1. The molecule has 33 heavy (non-hydrogen) atoms. The van der Waals surface area contributed by atoms with Crippen molar-refractivity contribution >= 4 is 21.4 Å². The first-order valence-electron chi connectivity index (χ1n) is 10.6. The summed E-state index contributed by atoms with van der Waals surface area (Å²) in [5.41, 5.74) is -0.277. The summed E-state index contributed by atoms with van der Waals surface area (Å²) in [6.07, 6.45) is 0.899. The third-order valence-corrected chi connectivity index (χ3v) is 6.73. The predicted molar refractivity (Wildman–Crippen MR) is 126 cm³/mol. The van der Waals surface area contributed by atoms with Crippen LogP contribution in [0.4, 0.5) is 11.4 Å². The summed E-state index contributed by atoms with van der Waals surface area (Å²) in [6.45, 7) is 12.4. The third kappa shape index (κ3) is 6.97. The molecule has 10 heteroatoms. The Morgan fingerprint density at radius 2 is 1.79 bits per heavy atom. The largest absolute Gasteiger partial charge is 0.494 e. The van der Waals surface area contributed by atoms with E-state index in [0.717, 1.165) is 6.42 Å². The molecular formula is C23H31N5O4S. The highest BCUT2D eigenvalue weighted by Gasteiger charge is 2.24. The van der Waals surface area contributed by atoms with Crippen LogP contribution in [-0.2, 0) is 10.0 Å². The summed E-state index contributed by atoms with van der Waals surface area (Å²) in [6, 6.07) is 7.58. The number of nitrogens with zero attached hydrogens (tertiary/aromatic N) is 3. The number of aromatic nitrogens is 1. The fraction of sp³-hybridized carbons (Fsp3) is 0.478. The number of aromatic amines is 1. The summed E-state index contributed by atoms with van der Waals surface area (Å²) >= 11 is 0. The van der Waals surface area contributed by atoms with Gasteiger partial charge in [-0.2, -0.15) is 10.4 Å². The Balaban J connectivity index is 2.18. The van der Waals surface area contributed by atoms with Crippen molar-refractivity contribution in [2.24, 2.45) is 27.5 Å². The minimum absolute atomic E-state index is 0.0952. The topological polar surface area (TPSA) is 148 Å². The fourth-order valence-corrected chi connectivity index (χ4v) is 4.48. The molecule has 178 valence electrons. The van der Waals surface area contributed by atoms with Crippen LogP contribution < -0.4 is 10.3 Å². The molecule has 3 N–H and O–H groups in total. The van der Waals surface area contributed by atoms with Crippen LogP contribution in [0.25, 0.3) is 0 Å². The van der Waals surface area contributed by atoms with E-state index in [4.69, 9.17) is 5.26 Å². The minimum Gasteiger partial charge on any atom is -0.494 e. The Labute approximate surface area is 194 Å². The lowest BCUT2D eigenvalue weighted by atomic mass is 9.80. The summed E-state index contributed by atoms with van der Waals surface area (Å²) in [5.74, 6) is 0.0174. The van der Waals surface area contributed by atoms with E-state index in [1.54, 1.807) is 6.07 Å². The number of sulfonamides is 1. The Kier molecular flexibility index (Phi) is 8.16. The molecule has 0 aliphatic heterocycles. The molecule has 1 heterocycles. The second-order valence-corrected chi connectivity index (χ2v) is 11.3. The van der Waals surface area contributed by atoms with Crippen LogP contribution in [-0.4, -0.2) is 25.1 Å². The van der Waals surface area contributed by atoms with Crippen LogP contribution in [0.2, 0.25) is 0 Å². The van der Waals surface area contributed by atoms with E-state index >= 15 is 0 Å². The van der Waals surface area contributed by atoms with Crippen molar-refractivity contribution < 1.29 is 13.5 Å². The number of nitriles is 1. The minimum atomic E-state index is -3.70. The molecule has 0 aliphatic rings. The Bertz CT molecular complexity index is 1220. The maximum atomic E-state index is 12.7. The number of rotatable bonds is 8. The van der Waals surface area contributed by atoms with Gasteiger partial charge in [-0.05, 0) is 54.9 Å². The second kappa shape index (κ2) is 10.3. The van der Waals surface area contributed by atoms with Gasteiger partial charge in [-0.25, -0.2) is 13.1 Å². The Hall–Kier alpha value is -3.03. The molecule has 1 unspecified atom stereocenters. The van der Waals surface area contributed by atoms with E-state index in [-0.39, 0.29) is 33.0 Å².